The molecule has 0 spiro atoms. The van der Waals surface area contributed by atoms with Gasteiger partial charge in [-0.15, -0.1) is 0 Å². The number of anilines is 1. The molecule has 2 rings (SSSR count). The molecule has 1 saturated heterocycles. The molecular weight excluding hydrogens is 264 g/mol. The zero-order valence-electron chi connectivity index (χ0n) is 10.9. The van der Waals surface area contributed by atoms with Crippen LogP contribution in [0, 0.1) is 0 Å². The zero-order valence-corrected chi connectivity index (χ0v) is 11.7. The third-order valence-corrected chi connectivity index (χ3v) is 3.89. The van der Waals surface area contributed by atoms with Gasteiger partial charge in [-0.05, 0) is 18.6 Å². The van der Waals surface area contributed by atoms with Crippen molar-refractivity contribution in [3.8, 4) is 0 Å². The minimum atomic E-state index is -0.950. The Hall–Kier alpha value is -1.26. The summed E-state index contributed by atoms with van der Waals surface area (Å²) in [5.74, 6) is -0.950. The van der Waals surface area contributed by atoms with Crippen molar-refractivity contribution < 1.29 is 14.8 Å². The number of benzene rings is 1. The van der Waals surface area contributed by atoms with E-state index in [2.05, 4.69) is 4.90 Å². The average Bonchev–Trinajstić information content (AvgIpc) is 2.40. The van der Waals surface area contributed by atoms with Gasteiger partial charge in [-0.3, -0.25) is 0 Å². The minimum absolute atomic E-state index is 0.164. The van der Waals surface area contributed by atoms with E-state index in [1.54, 1.807) is 0 Å². The van der Waals surface area contributed by atoms with Crippen molar-refractivity contribution in [1.29, 1.82) is 0 Å². The highest BCUT2D eigenvalue weighted by atomic mass is 35.5. The summed E-state index contributed by atoms with van der Waals surface area (Å²) >= 11 is 6.19. The second-order valence-corrected chi connectivity index (χ2v) is 5.32. The van der Waals surface area contributed by atoms with Gasteiger partial charge in [0.25, 0.3) is 0 Å². The van der Waals surface area contributed by atoms with Crippen molar-refractivity contribution in [1.82, 2.24) is 0 Å². The lowest BCUT2D eigenvalue weighted by Gasteiger charge is -2.34. The number of hydrogen-bond donors (Lipinski definition) is 1. The highest BCUT2D eigenvalue weighted by molar-refractivity contribution is 6.33. The van der Waals surface area contributed by atoms with Crippen LogP contribution in [0.3, 0.4) is 0 Å². The van der Waals surface area contributed by atoms with E-state index < -0.39 is 5.97 Å². The Morgan fingerprint density at radius 2 is 2.00 bits per heavy atom. The molecule has 0 bridgehead atoms. The van der Waals surface area contributed by atoms with Crippen molar-refractivity contribution in [3.05, 3.63) is 29.3 Å². The number of nitrogens with zero attached hydrogens (tertiary/aromatic N) is 1. The number of hydrogen-bond acceptors (Lipinski definition) is 3. The fraction of sp³-hybridized carbons (Fsp3) is 0.500. The molecule has 4 nitrogen and oxygen atoms in total. The summed E-state index contributed by atoms with van der Waals surface area (Å²) in [5.41, 5.74) is 1.10. The van der Waals surface area contributed by atoms with Gasteiger partial charge in [-0.2, -0.15) is 0 Å². The van der Waals surface area contributed by atoms with E-state index in [9.17, 15) is 9.90 Å². The van der Waals surface area contributed by atoms with Crippen LogP contribution >= 0.6 is 11.6 Å². The van der Waals surface area contributed by atoms with Crippen LogP contribution in [-0.4, -0.2) is 38.7 Å². The molecule has 0 unspecified atom stereocenters. The number of carboxylic acid groups (broad SMARTS) is 1. The maximum Gasteiger partial charge on any atom is 0.0949 e. The average molecular weight is 283 g/mol. The number of piperazine rings is 1. The first-order valence-corrected chi connectivity index (χ1v) is 7.07. The van der Waals surface area contributed by atoms with E-state index in [4.69, 9.17) is 11.6 Å². The summed E-state index contributed by atoms with van der Waals surface area (Å²) < 4.78 is 0. The molecule has 1 aromatic carbocycles. The second-order valence-electron chi connectivity index (χ2n) is 4.91. The Morgan fingerprint density at radius 3 is 2.63 bits per heavy atom. The molecule has 1 aromatic rings. The third-order valence-electron chi connectivity index (χ3n) is 3.57. The number of carboxylic acids is 1. The third kappa shape index (κ3) is 4.11. The van der Waals surface area contributed by atoms with Gasteiger partial charge in [0, 0.05) is 12.4 Å². The van der Waals surface area contributed by atoms with Gasteiger partial charge in [0.05, 0.1) is 43.4 Å². The van der Waals surface area contributed by atoms with Gasteiger partial charge in [0.2, 0.25) is 0 Å². The summed E-state index contributed by atoms with van der Waals surface area (Å²) in [6.45, 7) is 4.88. The first kappa shape index (κ1) is 14.2. The topological polar surface area (TPSA) is 47.8 Å². The molecule has 0 atom stereocenters. The zero-order chi connectivity index (χ0) is 13.7. The van der Waals surface area contributed by atoms with Crippen LogP contribution in [0.15, 0.2) is 24.3 Å². The minimum Gasteiger partial charge on any atom is -0.550 e. The monoisotopic (exact) mass is 282 g/mol. The Bertz CT molecular complexity index is 431. The first-order valence-electron chi connectivity index (χ1n) is 6.69. The smallest absolute Gasteiger partial charge is 0.0949 e. The van der Waals surface area contributed by atoms with E-state index in [0.717, 1.165) is 43.4 Å². The molecular formula is C14H19ClN2O2. The molecule has 1 aliphatic heterocycles. The Kier molecular flexibility index (Phi) is 5.05. The van der Waals surface area contributed by atoms with Gasteiger partial charge >= 0.3 is 0 Å². The van der Waals surface area contributed by atoms with Crippen LogP contribution in [0.2, 0.25) is 5.02 Å². The fourth-order valence-electron chi connectivity index (χ4n) is 2.50. The van der Waals surface area contributed by atoms with E-state index in [-0.39, 0.29) is 6.42 Å². The quantitative estimate of drug-likeness (QED) is 0.798. The standard InChI is InChI=1S/C14H19ClN2O2/c15-12-4-1-2-5-13(12)17-10-8-16(9-11-17)7-3-6-14(18)19/h1-2,4-5H,3,6-11H2,(H,18,19). The van der Waals surface area contributed by atoms with Gasteiger partial charge in [-0.1, -0.05) is 23.7 Å². The molecule has 0 saturated carbocycles. The number of aliphatic carboxylic acids is 1. The predicted molar refractivity (Wildman–Crippen MR) is 73.5 cm³/mol. The molecule has 0 aliphatic carbocycles. The molecule has 0 radical (unpaired) electrons. The van der Waals surface area contributed by atoms with Crippen LogP contribution in [0.25, 0.3) is 0 Å². The summed E-state index contributed by atoms with van der Waals surface area (Å²) in [7, 11) is 0. The van der Waals surface area contributed by atoms with Gasteiger partial charge in [0.1, 0.15) is 0 Å². The summed E-state index contributed by atoms with van der Waals surface area (Å²) in [6.07, 6.45) is 0.863. The van der Waals surface area contributed by atoms with Crippen molar-refractivity contribution in [2.45, 2.75) is 12.8 Å². The van der Waals surface area contributed by atoms with Gasteiger partial charge in [0.15, 0.2) is 0 Å². The van der Waals surface area contributed by atoms with Crippen molar-refractivity contribution in [3.63, 3.8) is 0 Å². The van der Waals surface area contributed by atoms with E-state index in [1.807, 2.05) is 24.3 Å². The highest BCUT2D eigenvalue weighted by Gasteiger charge is 2.20. The maximum atomic E-state index is 10.4. The summed E-state index contributed by atoms with van der Waals surface area (Å²) in [5, 5.41) is 11.2. The predicted octanol–water partition coefficient (Wildman–Crippen LogP) is -0.425. The molecule has 1 fully saturated rings. The summed E-state index contributed by atoms with van der Waals surface area (Å²) in [4.78, 5) is 14.1. The van der Waals surface area contributed by atoms with Crippen LogP contribution in [0.5, 0.6) is 0 Å². The molecule has 0 amide bonds. The van der Waals surface area contributed by atoms with Crippen molar-refractivity contribution in [2.24, 2.45) is 0 Å². The van der Waals surface area contributed by atoms with Crippen LogP contribution < -0.4 is 14.9 Å². The maximum absolute atomic E-state index is 10.4. The van der Waals surface area contributed by atoms with E-state index in [1.165, 1.54) is 4.90 Å². The lowest BCUT2D eigenvalue weighted by Crippen LogP contribution is -3.14. The number of halogens is 1. The number of carbonyl (C=O) groups excluding carboxylic acids is 1. The normalized spacial score (nSPS) is 16.6. The van der Waals surface area contributed by atoms with Crippen molar-refractivity contribution >= 4 is 23.3 Å². The van der Waals surface area contributed by atoms with Crippen LogP contribution in [-0.2, 0) is 4.79 Å². The largest absolute Gasteiger partial charge is 0.550 e. The Labute approximate surface area is 118 Å². The number of para-hydroxylation sites is 1. The van der Waals surface area contributed by atoms with Crippen molar-refractivity contribution in [2.75, 3.05) is 37.6 Å². The number of quaternary nitrogens is 1. The number of nitrogens with one attached hydrogen (secondary N) is 1. The number of rotatable bonds is 5. The lowest BCUT2D eigenvalue weighted by molar-refractivity contribution is -0.900. The Balaban J connectivity index is 1.79. The highest BCUT2D eigenvalue weighted by Crippen LogP contribution is 2.24. The number of carbonyl (C=O) groups is 1. The molecule has 1 aliphatic rings. The molecule has 19 heavy (non-hydrogen) atoms. The van der Waals surface area contributed by atoms with Crippen LogP contribution in [0.4, 0.5) is 5.69 Å². The summed E-state index contributed by atoms with van der Waals surface area (Å²) in [6, 6.07) is 7.90. The molecule has 0 aromatic heterocycles. The van der Waals surface area contributed by atoms with E-state index in [0.29, 0.717) is 6.42 Å². The van der Waals surface area contributed by atoms with E-state index >= 15 is 0 Å². The molecule has 1 N–H and O–H groups in total. The first-order chi connectivity index (χ1) is 9.16. The molecule has 5 heteroatoms. The molecule has 1 heterocycles. The second kappa shape index (κ2) is 6.78. The lowest BCUT2D eigenvalue weighted by atomic mass is 10.2. The van der Waals surface area contributed by atoms with Gasteiger partial charge in [-0.25, -0.2) is 0 Å². The van der Waals surface area contributed by atoms with Gasteiger partial charge < -0.3 is 19.7 Å². The Morgan fingerprint density at radius 1 is 1.32 bits per heavy atom. The SMILES string of the molecule is O=C([O-])CCC[NH+]1CCN(c2ccccc2Cl)CC1. The fourth-order valence-corrected chi connectivity index (χ4v) is 2.76. The molecule has 104 valence electrons. The van der Waals surface area contributed by atoms with Crippen LogP contribution in [0.1, 0.15) is 12.8 Å².